The molecule has 4 N–H and O–H groups in total. The molecule has 0 aromatic heterocycles. The standard InChI is InChI=1S/C35H37B2NO7/c1-2-9-25-19-28-33(35(41)38(34(28)40)27-14-8-13-26(20-27)37(43)44)29-21-36(42)45-31(32(25)29)17-16-23(22-10-4-3-5-11-22)18-24-12-6-7-15-30(24)39/h3-8,10-15,18,20,28-29,31,33,39,42-44H,2,9,16-17,19,21H2,1H3/b23-18-/t28-,29+,31-,33-/m1/s1. The number of fused-ring (bicyclic) bond motifs is 3. The average Bonchev–Trinajstić information content (AvgIpc) is 3.29. The largest absolute Gasteiger partial charge is 0.507 e. The first-order chi connectivity index (χ1) is 21.8. The van der Waals surface area contributed by atoms with E-state index in [0.29, 0.717) is 30.5 Å². The zero-order valence-corrected chi connectivity index (χ0v) is 25.3. The van der Waals surface area contributed by atoms with E-state index in [1.54, 1.807) is 24.3 Å². The van der Waals surface area contributed by atoms with Gasteiger partial charge in [0.2, 0.25) is 11.8 Å². The van der Waals surface area contributed by atoms with E-state index < -0.39 is 32.2 Å². The molecule has 2 aliphatic heterocycles. The van der Waals surface area contributed by atoms with Crippen molar-refractivity contribution in [3.63, 3.8) is 0 Å². The van der Waals surface area contributed by atoms with Crippen LogP contribution in [-0.4, -0.2) is 52.3 Å². The van der Waals surface area contributed by atoms with Crippen LogP contribution in [0, 0.1) is 17.8 Å². The SMILES string of the molecule is CCCC1=C2[C@@H](CC/C(=C/c3ccccc3O)c3ccccc3)OB(O)C[C@@H]2[C@@H]2C(=O)N(c3cccc(B(O)O)c3)C(=O)[C@@H]2C1. The summed E-state index contributed by atoms with van der Waals surface area (Å²) in [4.78, 5) is 29.1. The molecular weight excluding hydrogens is 568 g/mol. The average molecular weight is 605 g/mol. The molecule has 0 unspecified atom stereocenters. The van der Waals surface area contributed by atoms with Gasteiger partial charge in [0.15, 0.2) is 0 Å². The zero-order chi connectivity index (χ0) is 31.7. The summed E-state index contributed by atoms with van der Waals surface area (Å²) in [6.07, 6.45) is 4.97. The predicted molar refractivity (Wildman–Crippen MR) is 175 cm³/mol. The smallest absolute Gasteiger partial charge is 0.488 e. The number of para-hydroxylation sites is 1. The van der Waals surface area contributed by atoms with Gasteiger partial charge in [0.05, 0.1) is 23.6 Å². The van der Waals surface area contributed by atoms with E-state index >= 15 is 0 Å². The summed E-state index contributed by atoms with van der Waals surface area (Å²) in [7, 11) is -2.81. The quantitative estimate of drug-likeness (QED) is 0.125. The van der Waals surface area contributed by atoms with Gasteiger partial charge in [-0.1, -0.05) is 79.6 Å². The maximum atomic E-state index is 14.1. The van der Waals surface area contributed by atoms with E-state index in [4.69, 9.17) is 4.65 Å². The van der Waals surface area contributed by atoms with Crippen molar-refractivity contribution in [1.82, 2.24) is 0 Å². The zero-order valence-electron chi connectivity index (χ0n) is 25.3. The number of benzene rings is 3. The van der Waals surface area contributed by atoms with Crippen molar-refractivity contribution in [2.24, 2.45) is 17.8 Å². The van der Waals surface area contributed by atoms with Crippen molar-refractivity contribution in [3.8, 4) is 5.75 Å². The van der Waals surface area contributed by atoms with E-state index in [0.717, 1.165) is 35.1 Å². The molecule has 2 saturated heterocycles. The third-order valence-electron chi connectivity index (χ3n) is 9.37. The van der Waals surface area contributed by atoms with Gasteiger partial charge in [-0.3, -0.25) is 14.5 Å². The Bertz CT molecular complexity index is 1640. The van der Waals surface area contributed by atoms with Gasteiger partial charge >= 0.3 is 14.2 Å². The normalized spacial score (nSPS) is 23.3. The molecular formula is C35H37B2NO7. The highest BCUT2D eigenvalue weighted by Gasteiger charge is 2.57. The number of hydrogen-bond donors (Lipinski definition) is 4. The highest BCUT2D eigenvalue weighted by molar-refractivity contribution is 6.58. The summed E-state index contributed by atoms with van der Waals surface area (Å²) in [5, 5.41) is 40.9. The summed E-state index contributed by atoms with van der Waals surface area (Å²) in [6, 6.07) is 23.4. The first-order valence-corrected chi connectivity index (χ1v) is 15.7. The number of amides is 2. The molecule has 3 aliphatic rings. The van der Waals surface area contributed by atoms with Crippen LogP contribution in [0.25, 0.3) is 11.6 Å². The number of anilines is 1. The number of phenols is 1. The molecule has 230 valence electrons. The monoisotopic (exact) mass is 605 g/mol. The maximum Gasteiger partial charge on any atom is 0.488 e. The molecule has 2 amide bonds. The highest BCUT2D eigenvalue weighted by atomic mass is 16.5. The molecule has 3 aromatic carbocycles. The van der Waals surface area contributed by atoms with E-state index in [2.05, 4.69) is 6.92 Å². The molecule has 45 heavy (non-hydrogen) atoms. The Morgan fingerprint density at radius 2 is 1.76 bits per heavy atom. The molecule has 0 spiro atoms. The lowest BCUT2D eigenvalue weighted by Crippen LogP contribution is -2.46. The van der Waals surface area contributed by atoms with Crippen LogP contribution < -0.4 is 10.4 Å². The lowest BCUT2D eigenvalue weighted by Gasteiger charge is -2.43. The predicted octanol–water partition coefficient (Wildman–Crippen LogP) is 4.19. The Labute approximate surface area is 264 Å². The van der Waals surface area contributed by atoms with Crippen LogP contribution in [-0.2, 0) is 14.2 Å². The van der Waals surface area contributed by atoms with Crippen LogP contribution in [0.3, 0.4) is 0 Å². The second-order valence-electron chi connectivity index (χ2n) is 12.2. The molecule has 6 rings (SSSR count). The van der Waals surface area contributed by atoms with Gasteiger partial charge in [-0.15, -0.1) is 0 Å². The van der Waals surface area contributed by atoms with Crippen molar-refractivity contribution in [2.75, 3.05) is 4.90 Å². The van der Waals surface area contributed by atoms with Crippen molar-refractivity contribution < 1.29 is 34.4 Å². The van der Waals surface area contributed by atoms with Gasteiger partial charge in [-0.2, -0.15) is 0 Å². The molecule has 3 aromatic rings. The number of carbonyl (C=O) groups excluding carboxylic acids is 2. The van der Waals surface area contributed by atoms with E-state index in [1.165, 1.54) is 17.0 Å². The van der Waals surface area contributed by atoms with E-state index in [9.17, 15) is 29.8 Å². The number of hydrogen-bond acceptors (Lipinski definition) is 7. The molecule has 2 heterocycles. The van der Waals surface area contributed by atoms with Gasteiger partial charge in [-0.05, 0) is 84.4 Å². The Kier molecular flexibility index (Phi) is 9.10. The molecule has 1 aliphatic carbocycles. The van der Waals surface area contributed by atoms with Crippen molar-refractivity contribution >= 4 is 48.9 Å². The van der Waals surface area contributed by atoms with Crippen LogP contribution >= 0.6 is 0 Å². The number of rotatable bonds is 9. The molecule has 0 radical (unpaired) electrons. The lowest BCUT2D eigenvalue weighted by molar-refractivity contribution is -0.122. The Morgan fingerprint density at radius 3 is 2.49 bits per heavy atom. The fraction of sp³-hybridized carbons (Fsp3) is 0.314. The van der Waals surface area contributed by atoms with Gasteiger partial charge in [0, 0.05) is 5.56 Å². The second-order valence-corrected chi connectivity index (χ2v) is 12.2. The Balaban J connectivity index is 1.33. The summed E-state index contributed by atoms with van der Waals surface area (Å²) in [6.45, 7) is 2.09. The molecule has 0 saturated carbocycles. The van der Waals surface area contributed by atoms with Gasteiger partial charge in [0.1, 0.15) is 5.75 Å². The minimum atomic E-state index is -1.73. The summed E-state index contributed by atoms with van der Waals surface area (Å²) in [5.41, 5.74) is 5.39. The number of allylic oxidation sites excluding steroid dienone is 2. The topological polar surface area (TPSA) is 128 Å². The van der Waals surface area contributed by atoms with Crippen molar-refractivity contribution in [1.29, 1.82) is 0 Å². The van der Waals surface area contributed by atoms with E-state index in [-0.39, 0.29) is 35.3 Å². The highest BCUT2D eigenvalue weighted by Crippen LogP contribution is 2.52. The molecule has 8 nitrogen and oxygen atoms in total. The van der Waals surface area contributed by atoms with Crippen molar-refractivity contribution in [2.45, 2.75) is 51.5 Å². The Morgan fingerprint density at radius 1 is 1.00 bits per heavy atom. The van der Waals surface area contributed by atoms with Gasteiger partial charge < -0.3 is 24.8 Å². The number of phenolic OH excluding ortho intramolecular Hbond substituents is 1. The first-order valence-electron chi connectivity index (χ1n) is 15.7. The minimum Gasteiger partial charge on any atom is -0.507 e. The fourth-order valence-electron chi connectivity index (χ4n) is 7.42. The van der Waals surface area contributed by atoms with Crippen LogP contribution in [0.2, 0.25) is 6.32 Å². The van der Waals surface area contributed by atoms with E-state index in [1.807, 2.05) is 48.5 Å². The number of imide groups is 1. The first kappa shape index (κ1) is 31.0. The van der Waals surface area contributed by atoms with Crippen LogP contribution in [0.5, 0.6) is 5.75 Å². The fourth-order valence-corrected chi connectivity index (χ4v) is 7.42. The van der Waals surface area contributed by atoms with Crippen molar-refractivity contribution in [3.05, 3.63) is 101 Å². The molecule has 10 heteroatoms. The molecule has 2 fully saturated rings. The minimum absolute atomic E-state index is 0.189. The Hall–Kier alpha value is -3.95. The van der Waals surface area contributed by atoms with Gasteiger partial charge in [-0.25, -0.2) is 0 Å². The lowest BCUT2D eigenvalue weighted by atomic mass is 9.58. The summed E-state index contributed by atoms with van der Waals surface area (Å²) >= 11 is 0. The van der Waals surface area contributed by atoms with Crippen LogP contribution in [0.15, 0.2) is 90.0 Å². The summed E-state index contributed by atoms with van der Waals surface area (Å²) in [5.74, 6) is -1.98. The summed E-state index contributed by atoms with van der Waals surface area (Å²) < 4.78 is 6.21. The number of carbonyl (C=O) groups is 2. The van der Waals surface area contributed by atoms with Crippen LogP contribution in [0.4, 0.5) is 5.69 Å². The molecule has 4 atom stereocenters. The maximum absolute atomic E-state index is 14.1. The number of aromatic hydroxyl groups is 1. The number of nitrogens with zero attached hydrogens (tertiary/aromatic N) is 1. The third kappa shape index (κ3) is 6.16. The second kappa shape index (κ2) is 13.2. The third-order valence-corrected chi connectivity index (χ3v) is 9.37. The molecule has 0 bridgehead atoms. The van der Waals surface area contributed by atoms with Crippen LogP contribution in [0.1, 0.15) is 50.2 Å². The van der Waals surface area contributed by atoms with Gasteiger partial charge in [0.25, 0.3) is 0 Å².